The summed E-state index contributed by atoms with van der Waals surface area (Å²) in [5.41, 5.74) is 5.48. The van der Waals surface area contributed by atoms with Crippen LogP contribution in [0.4, 0.5) is 5.82 Å². The van der Waals surface area contributed by atoms with E-state index in [9.17, 15) is 9.59 Å². The Hall–Kier alpha value is -2.18. The van der Waals surface area contributed by atoms with Gasteiger partial charge in [0.05, 0.1) is 0 Å². The highest BCUT2D eigenvalue weighted by Crippen LogP contribution is 2.22. The molecule has 1 aliphatic carbocycles. The summed E-state index contributed by atoms with van der Waals surface area (Å²) in [5.74, 6) is -0.536. The Morgan fingerprint density at radius 3 is 2.68 bits per heavy atom. The van der Waals surface area contributed by atoms with Crippen molar-refractivity contribution in [2.45, 2.75) is 45.1 Å². The number of nitrogens with two attached hydrogens (primary N) is 1. The number of carbonyl (C=O) groups excluding carboxylic acids is 2. The minimum Gasteiger partial charge on any atom is -0.448 e. The molecule has 7 heteroatoms. The number of hydrogen-bond donors (Lipinski definition) is 2. The van der Waals surface area contributed by atoms with Gasteiger partial charge in [-0.25, -0.2) is 14.8 Å². The highest BCUT2D eigenvalue weighted by molar-refractivity contribution is 5.93. The van der Waals surface area contributed by atoms with Crippen molar-refractivity contribution in [3.63, 3.8) is 0 Å². The van der Waals surface area contributed by atoms with Gasteiger partial charge >= 0.3 is 5.97 Å². The van der Waals surface area contributed by atoms with E-state index in [4.69, 9.17) is 10.5 Å². The lowest BCUT2D eigenvalue weighted by molar-refractivity contribution is -0.129. The van der Waals surface area contributed by atoms with Crippen LogP contribution in [0.2, 0.25) is 0 Å². The maximum absolute atomic E-state index is 12.0. The number of rotatable bonds is 5. The van der Waals surface area contributed by atoms with Crippen LogP contribution in [-0.4, -0.2) is 34.5 Å². The summed E-state index contributed by atoms with van der Waals surface area (Å²) in [6.45, 7) is 2.16. The van der Waals surface area contributed by atoms with Crippen LogP contribution in [0.3, 0.4) is 0 Å². The van der Waals surface area contributed by atoms with E-state index >= 15 is 0 Å². The molecule has 0 radical (unpaired) electrons. The molecule has 1 atom stereocenters. The molecule has 0 spiro atoms. The van der Waals surface area contributed by atoms with E-state index in [1.54, 1.807) is 0 Å². The van der Waals surface area contributed by atoms with Crippen molar-refractivity contribution in [1.82, 2.24) is 15.3 Å². The topological polar surface area (TPSA) is 107 Å². The van der Waals surface area contributed by atoms with Gasteiger partial charge < -0.3 is 15.8 Å². The number of anilines is 1. The van der Waals surface area contributed by atoms with Gasteiger partial charge in [-0.3, -0.25) is 4.79 Å². The molecule has 1 aliphatic rings. The molecule has 1 aromatic rings. The van der Waals surface area contributed by atoms with Crippen molar-refractivity contribution in [1.29, 1.82) is 0 Å². The SMILES string of the molecule is C[C@@H](OC(=O)c1nccnc1N)C(=O)NCC1CCCCC1. The highest BCUT2D eigenvalue weighted by Gasteiger charge is 2.22. The number of hydrogen-bond acceptors (Lipinski definition) is 6. The fraction of sp³-hybridized carbons (Fsp3) is 0.600. The summed E-state index contributed by atoms with van der Waals surface area (Å²) >= 11 is 0. The summed E-state index contributed by atoms with van der Waals surface area (Å²) in [6.07, 6.45) is 7.84. The molecule has 0 bridgehead atoms. The molecule has 1 amide bonds. The summed E-state index contributed by atoms with van der Waals surface area (Å²) in [4.78, 5) is 31.5. The van der Waals surface area contributed by atoms with Gasteiger partial charge in [-0.2, -0.15) is 0 Å². The van der Waals surface area contributed by atoms with E-state index < -0.39 is 12.1 Å². The van der Waals surface area contributed by atoms with Crippen LogP contribution in [-0.2, 0) is 9.53 Å². The van der Waals surface area contributed by atoms with Crippen LogP contribution in [0.15, 0.2) is 12.4 Å². The van der Waals surface area contributed by atoms with Crippen molar-refractivity contribution >= 4 is 17.7 Å². The van der Waals surface area contributed by atoms with Crippen LogP contribution in [0.5, 0.6) is 0 Å². The lowest BCUT2D eigenvalue weighted by Crippen LogP contribution is -2.39. The fourth-order valence-corrected chi connectivity index (χ4v) is 2.56. The van der Waals surface area contributed by atoms with Crippen LogP contribution in [0, 0.1) is 5.92 Å². The normalized spacial score (nSPS) is 16.8. The van der Waals surface area contributed by atoms with Crippen molar-refractivity contribution in [2.75, 3.05) is 12.3 Å². The zero-order chi connectivity index (χ0) is 15.9. The zero-order valence-corrected chi connectivity index (χ0v) is 12.7. The second-order valence-corrected chi connectivity index (χ2v) is 5.59. The van der Waals surface area contributed by atoms with Gasteiger partial charge in [-0.1, -0.05) is 19.3 Å². The van der Waals surface area contributed by atoms with E-state index in [0.717, 1.165) is 12.8 Å². The van der Waals surface area contributed by atoms with Crippen LogP contribution < -0.4 is 11.1 Å². The minimum absolute atomic E-state index is 0.0117. The third-order valence-electron chi connectivity index (χ3n) is 3.86. The van der Waals surface area contributed by atoms with Gasteiger partial charge in [0, 0.05) is 18.9 Å². The summed E-state index contributed by atoms with van der Waals surface area (Å²) in [5, 5.41) is 2.84. The third-order valence-corrected chi connectivity index (χ3v) is 3.86. The average molecular weight is 306 g/mol. The number of nitrogens with zero attached hydrogens (tertiary/aromatic N) is 2. The Balaban J connectivity index is 1.80. The maximum atomic E-state index is 12.0. The number of carbonyl (C=O) groups is 2. The molecule has 2 rings (SSSR count). The molecule has 120 valence electrons. The summed E-state index contributed by atoms with van der Waals surface area (Å²) in [6, 6.07) is 0. The first-order valence-corrected chi connectivity index (χ1v) is 7.63. The van der Waals surface area contributed by atoms with Crippen LogP contribution in [0.1, 0.15) is 49.5 Å². The fourth-order valence-electron chi connectivity index (χ4n) is 2.56. The second kappa shape index (κ2) is 7.72. The van der Waals surface area contributed by atoms with E-state index in [-0.39, 0.29) is 17.4 Å². The zero-order valence-electron chi connectivity index (χ0n) is 12.7. The molecule has 1 heterocycles. The number of amides is 1. The molecule has 0 aliphatic heterocycles. The van der Waals surface area contributed by atoms with Gasteiger partial charge in [0.1, 0.15) is 0 Å². The molecule has 7 nitrogen and oxygen atoms in total. The van der Waals surface area contributed by atoms with E-state index in [2.05, 4.69) is 15.3 Å². The number of ether oxygens (including phenoxy) is 1. The molecular formula is C15H22N4O3. The van der Waals surface area contributed by atoms with E-state index in [1.165, 1.54) is 38.6 Å². The monoisotopic (exact) mass is 306 g/mol. The predicted molar refractivity (Wildman–Crippen MR) is 80.9 cm³/mol. The lowest BCUT2D eigenvalue weighted by atomic mass is 9.89. The molecule has 1 aromatic heterocycles. The Morgan fingerprint density at radius 2 is 2.00 bits per heavy atom. The standard InChI is InChI=1S/C15H22N4O3/c1-10(14(20)19-9-11-5-3-2-4-6-11)22-15(21)12-13(16)18-8-7-17-12/h7-8,10-11H,2-6,9H2,1H3,(H2,16,18)(H,19,20)/t10-/m1/s1. The van der Waals surface area contributed by atoms with Crippen molar-refractivity contribution in [3.05, 3.63) is 18.1 Å². The number of esters is 1. The highest BCUT2D eigenvalue weighted by atomic mass is 16.5. The Kier molecular flexibility index (Phi) is 5.68. The summed E-state index contributed by atoms with van der Waals surface area (Å²) < 4.78 is 5.09. The van der Waals surface area contributed by atoms with Crippen LogP contribution >= 0.6 is 0 Å². The van der Waals surface area contributed by atoms with Gasteiger partial charge in [-0.15, -0.1) is 0 Å². The molecule has 0 saturated heterocycles. The molecule has 22 heavy (non-hydrogen) atoms. The van der Waals surface area contributed by atoms with Crippen LogP contribution in [0.25, 0.3) is 0 Å². The molecule has 3 N–H and O–H groups in total. The van der Waals surface area contributed by atoms with Gasteiger partial charge in [-0.05, 0) is 25.7 Å². The lowest BCUT2D eigenvalue weighted by Gasteiger charge is -2.22. The number of nitrogens with one attached hydrogen (secondary N) is 1. The molecule has 0 aromatic carbocycles. The smallest absolute Gasteiger partial charge is 0.361 e. The van der Waals surface area contributed by atoms with Gasteiger partial charge in [0.25, 0.3) is 5.91 Å². The van der Waals surface area contributed by atoms with Crippen molar-refractivity contribution in [3.8, 4) is 0 Å². The van der Waals surface area contributed by atoms with Gasteiger partial charge in [0.15, 0.2) is 17.6 Å². The average Bonchev–Trinajstić information content (AvgIpc) is 2.53. The Labute approximate surface area is 129 Å². The minimum atomic E-state index is -0.891. The predicted octanol–water partition coefficient (Wildman–Crippen LogP) is 1.30. The third kappa shape index (κ3) is 4.41. The summed E-state index contributed by atoms with van der Waals surface area (Å²) in [7, 11) is 0. The molecule has 1 saturated carbocycles. The van der Waals surface area contributed by atoms with Gasteiger partial charge in [0.2, 0.25) is 0 Å². The first kappa shape index (κ1) is 16.2. The van der Waals surface area contributed by atoms with E-state index in [1.807, 2.05) is 0 Å². The Morgan fingerprint density at radius 1 is 1.32 bits per heavy atom. The second-order valence-electron chi connectivity index (χ2n) is 5.59. The molecule has 0 unspecified atom stereocenters. The molecular weight excluding hydrogens is 284 g/mol. The number of aromatic nitrogens is 2. The van der Waals surface area contributed by atoms with Crippen molar-refractivity contribution in [2.24, 2.45) is 5.92 Å². The van der Waals surface area contributed by atoms with E-state index in [0.29, 0.717) is 12.5 Å². The largest absolute Gasteiger partial charge is 0.448 e. The van der Waals surface area contributed by atoms with Crippen molar-refractivity contribution < 1.29 is 14.3 Å². The molecule has 1 fully saturated rings. The Bertz CT molecular complexity index is 529. The maximum Gasteiger partial charge on any atom is 0.361 e. The quantitative estimate of drug-likeness (QED) is 0.794. The first-order chi connectivity index (χ1) is 10.6. The first-order valence-electron chi connectivity index (χ1n) is 7.63. The number of nitrogen functional groups attached to an aromatic ring is 1.